The Bertz CT molecular complexity index is 970. The molecule has 7 nitrogen and oxygen atoms in total. The number of rotatable bonds is 5. The van der Waals surface area contributed by atoms with Crippen molar-refractivity contribution in [2.45, 2.75) is 32.6 Å². The highest BCUT2D eigenvalue weighted by atomic mass is 16.5. The Hall–Kier alpha value is -3.22. The van der Waals surface area contributed by atoms with Gasteiger partial charge in [-0.25, -0.2) is 4.98 Å². The van der Waals surface area contributed by atoms with Gasteiger partial charge in [-0.15, -0.1) is 0 Å². The van der Waals surface area contributed by atoms with Crippen LogP contribution in [0.25, 0.3) is 11.5 Å². The van der Waals surface area contributed by atoms with Gasteiger partial charge in [-0.2, -0.15) is 4.98 Å². The third-order valence-electron chi connectivity index (χ3n) is 5.11. The molecule has 4 rings (SSSR count). The summed E-state index contributed by atoms with van der Waals surface area (Å²) in [6.07, 6.45) is 3.56. The molecule has 1 aliphatic rings. The van der Waals surface area contributed by atoms with Crippen molar-refractivity contribution in [3.8, 4) is 11.5 Å². The lowest BCUT2D eigenvalue weighted by molar-refractivity contribution is -0.120. The van der Waals surface area contributed by atoms with Crippen LogP contribution in [0.5, 0.6) is 0 Å². The average molecular weight is 391 g/mol. The second-order valence-corrected chi connectivity index (χ2v) is 7.66. The standard InChI is InChI=1S/C22H25N5O2/c1-15(2)20-25-22(29-26-20)16-10-11-23-19(13-16)27-12-6-7-17(14-27)21(28)24-18-8-4-3-5-9-18/h3-5,8-11,13,15,17H,6-7,12,14H2,1-2H3,(H,24,28)/t17-/m1/s1. The summed E-state index contributed by atoms with van der Waals surface area (Å²) in [5.41, 5.74) is 1.66. The fourth-order valence-corrected chi connectivity index (χ4v) is 3.48. The van der Waals surface area contributed by atoms with Crippen molar-refractivity contribution in [1.29, 1.82) is 0 Å². The van der Waals surface area contributed by atoms with Gasteiger partial charge in [0.25, 0.3) is 5.89 Å². The van der Waals surface area contributed by atoms with E-state index in [2.05, 4.69) is 25.3 Å². The van der Waals surface area contributed by atoms with Crippen LogP contribution in [0.4, 0.5) is 11.5 Å². The third-order valence-corrected chi connectivity index (χ3v) is 5.11. The summed E-state index contributed by atoms with van der Waals surface area (Å²) in [5, 5.41) is 7.05. The van der Waals surface area contributed by atoms with Crippen molar-refractivity contribution < 1.29 is 9.32 Å². The minimum Gasteiger partial charge on any atom is -0.356 e. The number of carbonyl (C=O) groups is 1. The largest absolute Gasteiger partial charge is 0.356 e. The summed E-state index contributed by atoms with van der Waals surface area (Å²) in [7, 11) is 0. The predicted molar refractivity (Wildman–Crippen MR) is 112 cm³/mol. The number of nitrogens with one attached hydrogen (secondary N) is 1. The second kappa shape index (κ2) is 8.43. The molecule has 3 heterocycles. The highest BCUT2D eigenvalue weighted by molar-refractivity contribution is 5.93. The number of aromatic nitrogens is 3. The SMILES string of the molecule is CC(C)c1noc(-c2ccnc(N3CCC[C@@H](C(=O)Nc4ccccc4)C3)c2)n1. The molecule has 1 aliphatic heterocycles. The van der Waals surface area contributed by atoms with Gasteiger partial charge < -0.3 is 14.7 Å². The molecule has 2 aromatic heterocycles. The summed E-state index contributed by atoms with van der Waals surface area (Å²) < 4.78 is 5.41. The van der Waals surface area contributed by atoms with Crippen molar-refractivity contribution >= 4 is 17.4 Å². The minimum absolute atomic E-state index is 0.0514. The molecule has 0 radical (unpaired) electrons. The number of piperidine rings is 1. The molecular weight excluding hydrogens is 366 g/mol. The Morgan fingerprint density at radius 3 is 2.83 bits per heavy atom. The predicted octanol–water partition coefficient (Wildman–Crippen LogP) is 4.11. The van der Waals surface area contributed by atoms with Crippen LogP contribution in [-0.4, -0.2) is 34.1 Å². The van der Waals surface area contributed by atoms with Gasteiger partial charge in [0.1, 0.15) is 5.82 Å². The molecule has 0 aliphatic carbocycles. The van der Waals surface area contributed by atoms with Crippen LogP contribution in [0, 0.1) is 5.92 Å². The van der Waals surface area contributed by atoms with Crippen LogP contribution >= 0.6 is 0 Å². The van der Waals surface area contributed by atoms with Crippen molar-refractivity contribution in [2.75, 3.05) is 23.3 Å². The lowest BCUT2D eigenvalue weighted by Crippen LogP contribution is -2.41. The van der Waals surface area contributed by atoms with Crippen molar-refractivity contribution in [3.05, 3.63) is 54.5 Å². The van der Waals surface area contributed by atoms with E-state index >= 15 is 0 Å². The molecule has 1 aromatic carbocycles. The van der Waals surface area contributed by atoms with E-state index in [1.165, 1.54) is 0 Å². The van der Waals surface area contributed by atoms with Gasteiger partial charge in [0, 0.05) is 36.5 Å². The zero-order valence-electron chi connectivity index (χ0n) is 16.7. The third kappa shape index (κ3) is 4.45. The summed E-state index contributed by atoms with van der Waals surface area (Å²) in [4.78, 5) is 23.8. The van der Waals surface area contributed by atoms with Gasteiger partial charge in [-0.1, -0.05) is 37.2 Å². The maximum absolute atomic E-state index is 12.7. The highest BCUT2D eigenvalue weighted by Crippen LogP contribution is 2.27. The molecule has 0 saturated carbocycles. The lowest BCUT2D eigenvalue weighted by Gasteiger charge is -2.33. The van der Waals surface area contributed by atoms with E-state index < -0.39 is 0 Å². The topological polar surface area (TPSA) is 84.2 Å². The number of hydrogen-bond donors (Lipinski definition) is 1. The smallest absolute Gasteiger partial charge is 0.258 e. The van der Waals surface area contributed by atoms with Gasteiger partial charge in [0.15, 0.2) is 5.82 Å². The van der Waals surface area contributed by atoms with Crippen LogP contribution in [0.3, 0.4) is 0 Å². The van der Waals surface area contributed by atoms with E-state index in [9.17, 15) is 4.79 Å². The van der Waals surface area contributed by atoms with E-state index in [-0.39, 0.29) is 17.7 Å². The summed E-state index contributed by atoms with van der Waals surface area (Å²) in [6.45, 7) is 5.56. The molecule has 29 heavy (non-hydrogen) atoms. The number of carbonyl (C=O) groups excluding carboxylic acids is 1. The van der Waals surface area contributed by atoms with Crippen LogP contribution in [0.1, 0.15) is 38.4 Å². The fourth-order valence-electron chi connectivity index (χ4n) is 3.48. The van der Waals surface area contributed by atoms with Gasteiger partial charge in [-0.05, 0) is 37.1 Å². The monoisotopic (exact) mass is 391 g/mol. The van der Waals surface area contributed by atoms with Crippen molar-refractivity contribution in [3.63, 3.8) is 0 Å². The van der Waals surface area contributed by atoms with Gasteiger partial charge in [0.05, 0.1) is 5.92 Å². The molecule has 1 amide bonds. The molecule has 7 heteroatoms. The molecule has 0 unspecified atom stereocenters. The molecule has 1 atom stereocenters. The molecule has 150 valence electrons. The van der Waals surface area contributed by atoms with E-state index in [1.54, 1.807) is 6.20 Å². The number of hydrogen-bond acceptors (Lipinski definition) is 6. The molecule has 1 fully saturated rings. The number of para-hydroxylation sites is 1. The Labute approximate surface area is 170 Å². The zero-order chi connectivity index (χ0) is 20.2. The van der Waals surface area contributed by atoms with Crippen LogP contribution in [-0.2, 0) is 4.79 Å². The van der Waals surface area contributed by atoms with Gasteiger partial charge in [0.2, 0.25) is 5.91 Å². The van der Waals surface area contributed by atoms with E-state index in [0.717, 1.165) is 36.5 Å². The average Bonchev–Trinajstić information content (AvgIpc) is 3.25. The minimum atomic E-state index is -0.0784. The molecule has 3 aromatic rings. The van der Waals surface area contributed by atoms with Crippen LogP contribution in [0.15, 0.2) is 53.2 Å². The normalized spacial score (nSPS) is 16.8. The molecule has 0 bridgehead atoms. The summed E-state index contributed by atoms with van der Waals surface area (Å²) >= 11 is 0. The van der Waals surface area contributed by atoms with Crippen molar-refractivity contribution in [2.24, 2.45) is 5.92 Å². The lowest BCUT2D eigenvalue weighted by atomic mass is 9.97. The number of benzene rings is 1. The first-order valence-electron chi connectivity index (χ1n) is 10.0. The Morgan fingerprint density at radius 1 is 1.24 bits per heavy atom. The Morgan fingerprint density at radius 2 is 2.07 bits per heavy atom. The number of pyridine rings is 1. The molecule has 1 N–H and O–H groups in total. The van der Waals surface area contributed by atoms with Crippen LogP contribution in [0.2, 0.25) is 0 Å². The first-order valence-corrected chi connectivity index (χ1v) is 10.0. The fraction of sp³-hybridized carbons (Fsp3) is 0.364. The Kier molecular flexibility index (Phi) is 5.55. The summed E-state index contributed by atoms with van der Waals surface area (Å²) in [5.74, 6) is 2.19. The van der Waals surface area contributed by atoms with E-state index in [1.807, 2.05) is 56.3 Å². The van der Waals surface area contributed by atoms with Gasteiger partial charge >= 0.3 is 0 Å². The number of anilines is 2. The van der Waals surface area contributed by atoms with E-state index in [0.29, 0.717) is 18.3 Å². The molecular formula is C22H25N5O2. The summed E-state index contributed by atoms with van der Waals surface area (Å²) in [6, 6.07) is 13.4. The maximum Gasteiger partial charge on any atom is 0.258 e. The zero-order valence-corrected chi connectivity index (χ0v) is 16.7. The number of amides is 1. The Balaban J connectivity index is 1.47. The quantitative estimate of drug-likeness (QED) is 0.705. The van der Waals surface area contributed by atoms with Crippen molar-refractivity contribution in [1.82, 2.24) is 15.1 Å². The second-order valence-electron chi connectivity index (χ2n) is 7.66. The molecule has 0 spiro atoms. The van der Waals surface area contributed by atoms with E-state index in [4.69, 9.17) is 4.52 Å². The highest BCUT2D eigenvalue weighted by Gasteiger charge is 2.27. The maximum atomic E-state index is 12.7. The number of nitrogens with zero attached hydrogens (tertiary/aromatic N) is 4. The van der Waals surface area contributed by atoms with Gasteiger partial charge in [-0.3, -0.25) is 4.79 Å². The first kappa shape index (κ1) is 19.1. The molecule has 1 saturated heterocycles. The van der Waals surface area contributed by atoms with Crippen LogP contribution < -0.4 is 10.2 Å². The first-order chi connectivity index (χ1) is 14.1.